The van der Waals surface area contributed by atoms with E-state index < -0.39 is 0 Å². The van der Waals surface area contributed by atoms with E-state index in [0.29, 0.717) is 30.9 Å². The van der Waals surface area contributed by atoms with Crippen LogP contribution in [-0.2, 0) is 4.74 Å². The molecule has 1 aromatic rings. The Kier molecular flexibility index (Phi) is 7.30. The molecule has 0 aliphatic heterocycles. The van der Waals surface area contributed by atoms with Crippen LogP contribution in [0.1, 0.15) is 46.1 Å². The summed E-state index contributed by atoms with van der Waals surface area (Å²) in [6, 6.07) is 0. The number of hydrogen-bond acceptors (Lipinski definition) is 5. The number of nitrogens with one attached hydrogen (secondary N) is 1. The van der Waals surface area contributed by atoms with Crippen molar-refractivity contribution in [2.45, 2.75) is 40.5 Å². The molecule has 0 unspecified atom stereocenters. The molecular formula is C15H27N3O2. The molecule has 0 spiro atoms. The molecule has 0 radical (unpaired) electrons. The smallest absolute Gasteiger partial charge is 0.222 e. The molecule has 0 aliphatic carbocycles. The fourth-order valence-electron chi connectivity index (χ4n) is 1.84. The summed E-state index contributed by atoms with van der Waals surface area (Å²) in [5, 5.41) is 3.25. The predicted octanol–water partition coefficient (Wildman–Crippen LogP) is 3.08. The zero-order valence-corrected chi connectivity index (χ0v) is 13.3. The van der Waals surface area contributed by atoms with Gasteiger partial charge in [0, 0.05) is 13.2 Å². The Labute approximate surface area is 122 Å². The van der Waals surface area contributed by atoms with E-state index in [1.54, 1.807) is 0 Å². The maximum atomic E-state index is 5.75. The first kappa shape index (κ1) is 16.7. The monoisotopic (exact) mass is 281 g/mol. The Hall–Kier alpha value is -1.36. The fraction of sp³-hybridized carbons (Fsp3) is 0.733. The van der Waals surface area contributed by atoms with Gasteiger partial charge in [-0.2, -0.15) is 0 Å². The van der Waals surface area contributed by atoms with Crippen LogP contribution in [0.15, 0.2) is 6.33 Å². The van der Waals surface area contributed by atoms with Crippen molar-refractivity contribution < 1.29 is 9.47 Å². The van der Waals surface area contributed by atoms with Crippen LogP contribution in [-0.4, -0.2) is 36.3 Å². The summed E-state index contributed by atoms with van der Waals surface area (Å²) in [7, 11) is 0. The SMILES string of the molecule is CCNc1ncnc(OCCOCC(C)C)c1C(C)C. The summed E-state index contributed by atoms with van der Waals surface area (Å²) in [5.74, 6) is 2.35. The summed E-state index contributed by atoms with van der Waals surface area (Å²) in [6.07, 6.45) is 1.54. The van der Waals surface area contributed by atoms with Crippen LogP contribution in [0.3, 0.4) is 0 Å². The number of anilines is 1. The molecule has 114 valence electrons. The molecule has 1 N–H and O–H groups in total. The van der Waals surface area contributed by atoms with Crippen LogP contribution < -0.4 is 10.1 Å². The highest BCUT2D eigenvalue weighted by atomic mass is 16.5. The molecule has 0 aromatic carbocycles. The molecule has 0 amide bonds. The van der Waals surface area contributed by atoms with Gasteiger partial charge in [-0.1, -0.05) is 27.7 Å². The van der Waals surface area contributed by atoms with Crippen molar-refractivity contribution in [2.75, 3.05) is 31.7 Å². The maximum absolute atomic E-state index is 5.75. The first-order chi connectivity index (χ1) is 9.56. The van der Waals surface area contributed by atoms with E-state index in [1.807, 2.05) is 6.92 Å². The Balaban J connectivity index is 2.62. The molecule has 5 nitrogen and oxygen atoms in total. The Bertz CT molecular complexity index is 395. The lowest BCUT2D eigenvalue weighted by Crippen LogP contribution is -2.13. The van der Waals surface area contributed by atoms with Crippen molar-refractivity contribution in [1.82, 2.24) is 9.97 Å². The molecule has 0 saturated heterocycles. The molecule has 1 heterocycles. The second-order valence-electron chi connectivity index (χ2n) is 5.44. The molecule has 0 saturated carbocycles. The lowest BCUT2D eigenvalue weighted by molar-refractivity contribution is 0.0802. The molecule has 0 bridgehead atoms. The summed E-state index contributed by atoms with van der Waals surface area (Å²) < 4.78 is 11.3. The highest BCUT2D eigenvalue weighted by molar-refractivity contribution is 5.50. The van der Waals surface area contributed by atoms with Gasteiger partial charge in [-0.25, -0.2) is 9.97 Å². The normalized spacial score (nSPS) is 11.2. The van der Waals surface area contributed by atoms with E-state index in [9.17, 15) is 0 Å². The summed E-state index contributed by atoms with van der Waals surface area (Å²) >= 11 is 0. The molecule has 5 heteroatoms. The summed E-state index contributed by atoms with van der Waals surface area (Å²) in [5.41, 5.74) is 1.03. The van der Waals surface area contributed by atoms with Crippen molar-refractivity contribution in [3.05, 3.63) is 11.9 Å². The van der Waals surface area contributed by atoms with Crippen LogP contribution >= 0.6 is 0 Å². The van der Waals surface area contributed by atoms with Crippen molar-refractivity contribution in [3.63, 3.8) is 0 Å². The largest absolute Gasteiger partial charge is 0.475 e. The van der Waals surface area contributed by atoms with Gasteiger partial charge in [-0.3, -0.25) is 0 Å². The van der Waals surface area contributed by atoms with Gasteiger partial charge in [0.1, 0.15) is 18.8 Å². The number of rotatable bonds is 9. The Morgan fingerprint density at radius 2 is 1.90 bits per heavy atom. The quantitative estimate of drug-likeness (QED) is 0.705. The minimum Gasteiger partial charge on any atom is -0.475 e. The van der Waals surface area contributed by atoms with E-state index in [0.717, 1.165) is 24.5 Å². The Morgan fingerprint density at radius 3 is 2.50 bits per heavy atom. The van der Waals surface area contributed by atoms with Crippen LogP contribution in [0.4, 0.5) is 5.82 Å². The Morgan fingerprint density at radius 1 is 1.15 bits per heavy atom. The van der Waals surface area contributed by atoms with Gasteiger partial charge in [-0.05, 0) is 18.8 Å². The van der Waals surface area contributed by atoms with Gasteiger partial charge < -0.3 is 14.8 Å². The van der Waals surface area contributed by atoms with Gasteiger partial charge in [0.05, 0.1) is 12.2 Å². The van der Waals surface area contributed by atoms with Crippen molar-refractivity contribution >= 4 is 5.82 Å². The summed E-state index contributed by atoms with van der Waals surface area (Å²) in [6.45, 7) is 13.2. The number of nitrogens with zero attached hydrogens (tertiary/aromatic N) is 2. The molecule has 20 heavy (non-hydrogen) atoms. The minimum absolute atomic E-state index is 0.303. The number of aromatic nitrogens is 2. The lowest BCUT2D eigenvalue weighted by atomic mass is 10.1. The third kappa shape index (κ3) is 5.33. The van der Waals surface area contributed by atoms with Crippen LogP contribution in [0, 0.1) is 5.92 Å². The van der Waals surface area contributed by atoms with Gasteiger partial charge >= 0.3 is 0 Å². The second-order valence-corrected chi connectivity index (χ2v) is 5.44. The maximum Gasteiger partial charge on any atom is 0.222 e. The standard InChI is InChI=1S/C15H27N3O2/c1-6-16-14-13(12(4)5)15(18-10-17-14)20-8-7-19-9-11(2)3/h10-12H,6-9H2,1-5H3,(H,16,17,18). The van der Waals surface area contributed by atoms with E-state index in [-0.39, 0.29) is 0 Å². The second kappa shape index (κ2) is 8.74. The first-order valence-electron chi connectivity index (χ1n) is 7.35. The van der Waals surface area contributed by atoms with Gasteiger partial charge in [0.15, 0.2) is 0 Å². The molecule has 1 aromatic heterocycles. The van der Waals surface area contributed by atoms with Crippen LogP contribution in [0.25, 0.3) is 0 Å². The van der Waals surface area contributed by atoms with E-state index in [4.69, 9.17) is 9.47 Å². The minimum atomic E-state index is 0.303. The van der Waals surface area contributed by atoms with E-state index in [2.05, 4.69) is 43.0 Å². The molecule has 0 atom stereocenters. The number of ether oxygens (including phenoxy) is 2. The molecule has 1 rings (SSSR count). The highest BCUT2D eigenvalue weighted by Gasteiger charge is 2.15. The molecule has 0 aliphatic rings. The van der Waals surface area contributed by atoms with Crippen molar-refractivity contribution in [1.29, 1.82) is 0 Å². The zero-order valence-electron chi connectivity index (χ0n) is 13.3. The first-order valence-corrected chi connectivity index (χ1v) is 7.35. The topological polar surface area (TPSA) is 56.3 Å². The highest BCUT2D eigenvalue weighted by Crippen LogP contribution is 2.29. The van der Waals surface area contributed by atoms with Crippen LogP contribution in [0.5, 0.6) is 5.88 Å². The zero-order chi connectivity index (χ0) is 15.0. The van der Waals surface area contributed by atoms with Gasteiger partial charge in [-0.15, -0.1) is 0 Å². The van der Waals surface area contributed by atoms with Gasteiger partial charge in [0.2, 0.25) is 5.88 Å². The third-order valence-electron chi connectivity index (χ3n) is 2.69. The van der Waals surface area contributed by atoms with E-state index in [1.165, 1.54) is 6.33 Å². The molecule has 0 fully saturated rings. The van der Waals surface area contributed by atoms with Crippen molar-refractivity contribution in [2.24, 2.45) is 5.92 Å². The summed E-state index contributed by atoms with van der Waals surface area (Å²) in [4.78, 5) is 8.53. The van der Waals surface area contributed by atoms with E-state index >= 15 is 0 Å². The third-order valence-corrected chi connectivity index (χ3v) is 2.69. The predicted molar refractivity (Wildman–Crippen MR) is 81.4 cm³/mol. The van der Waals surface area contributed by atoms with Gasteiger partial charge in [0.25, 0.3) is 0 Å². The average molecular weight is 281 g/mol. The van der Waals surface area contributed by atoms with Crippen molar-refractivity contribution in [3.8, 4) is 5.88 Å². The number of hydrogen-bond donors (Lipinski definition) is 1. The fourth-order valence-corrected chi connectivity index (χ4v) is 1.84. The average Bonchev–Trinajstić information content (AvgIpc) is 2.38. The lowest BCUT2D eigenvalue weighted by Gasteiger charge is -2.16. The molecular weight excluding hydrogens is 254 g/mol. The van der Waals surface area contributed by atoms with Crippen LogP contribution in [0.2, 0.25) is 0 Å².